The van der Waals surface area contributed by atoms with E-state index in [4.69, 9.17) is 5.26 Å². The van der Waals surface area contributed by atoms with Crippen molar-refractivity contribution < 1.29 is 0 Å². The molecule has 0 aliphatic heterocycles. The zero-order chi connectivity index (χ0) is 11.2. The molecule has 0 radical (unpaired) electrons. The number of nitriles is 1. The summed E-state index contributed by atoms with van der Waals surface area (Å²) in [5.41, 5.74) is 2.82. The van der Waals surface area contributed by atoms with Gasteiger partial charge < -0.3 is 10.3 Å². The second-order valence-corrected chi connectivity index (χ2v) is 3.44. The molecule has 4 nitrogen and oxygen atoms in total. The lowest BCUT2D eigenvalue weighted by molar-refractivity contribution is 0.977. The smallest absolute Gasteiger partial charge is 0.0991 e. The Kier molecular flexibility index (Phi) is 3.19. The van der Waals surface area contributed by atoms with Gasteiger partial charge in [-0.1, -0.05) is 0 Å². The van der Waals surface area contributed by atoms with Crippen molar-refractivity contribution in [2.75, 3.05) is 11.9 Å². The van der Waals surface area contributed by atoms with E-state index in [0.717, 1.165) is 24.3 Å². The van der Waals surface area contributed by atoms with Crippen LogP contribution < -0.4 is 5.32 Å². The summed E-state index contributed by atoms with van der Waals surface area (Å²) in [4.78, 5) is 7.00. The molecule has 1 heterocycles. The quantitative estimate of drug-likeness (QED) is 0.814. The zero-order valence-electron chi connectivity index (χ0n) is 8.77. The molecule has 2 aromatic rings. The highest BCUT2D eigenvalue weighted by atomic mass is 14.9. The van der Waals surface area contributed by atoms with Crippen molar-refractivity contribution in [2.45, 2.75) is 6.42 Å². The lowest BCUT2D eigenvalue weighted by Gasteiger charge is -2.04. The van der Waals surface area contributed by atoms with Gasteiger partial charge in [0.05, 0.1) is 18.0 Å². The summed E-state index contributed by atoms with van der Waals surface area (Å²) in [5.74, 6) is 0. The molecule has 0 unspecified atom stereocenters. The minimum atomic E-state index is 0.680. The molecule has 4 heteroatoms. The summed E-state index contributed by atoms with van der Waals surface area (Å²) in [6, 6.07) is 9.52. The number of nitrogens with zero attached hydrogens (tertiary/aromatic N) is 2. The van der Waals surface area contributed by atoms with Crippen LogP contribution in [0.4, 0.5) is 5.69 Å². The largest absolute Gasteiger partial charge is 0.385 e. The molecule has 0 aliphatic rings. The average molecular weight is 212 g/mol. The molecule has 0 atom stereocenters. The molecule has 0 bridgehead atoms. The van der Waals surface area contributed by atoms with Crippen LogP contribution in [0.15, 0.2) is 36.8 Å². The molecule has 0 amide bonds. The number of nitrogens with one attached hydrogen (secondary N) is 2. The van der Waals surface area contributed by atoms with E-state index in [-0.39, 0.29) is 0 Å². The minimum Gasteiger partial charge on any atom is -0.385 e. The van der Waals surface area contributed by atoms with E-state index in [1.165, 1.54) is 0 Å². The van der Waals surface area contributed by atoms with Gasteiger partial charge in [-0.15, -0.1) is 0 Å². The number of aromatic amines is 1. The van der Waals surface area contributed by atoms with Crippen LogP contribution >= 0.6 is 0 Å². The first-order valence-electron chi connectivity index (χ1n) is 5.10. The third-order valence-corrected chi connectivity index (χ3v) is 2.29. The Bertz CT molecular complexity index is 465. The molecule has 1 aromatic carbocycles. The van der Waals surface area contributed by atoms with Gasteiger partial charge in [0, 0.05) is 30.5 Å². The molecule has 2 rings (SSSR count). The van der Waals surface area contributed by atoms with Crippen LogP contribution in [0.3, 0.4) is 0 Å². The Morgan fingerprint density at radius 2 is 2.12 bits per heavy atom. The molecule has 80 valence electrons. The highest BCUT2D eigenvalue weighted by molar-refractivity contribution is 5.47. The molecule has 0 saturated carbocycles. The summed E-state index contributed by atoms with van der Waals surface area (Å²) in [6.45, 7) is 0.841. The first-order chi connectivity index (χ1) is 7.88. The van der Waals surface area contributed by atoms with Gasteiger partial charge in [0.25, 0.3) is 0 Å². The SMILES string of the molecule is N#Cc1ccc(NCCc2cnc[nH]2)cc1. The second kappa shape index (κ2) is 4.99. The van der Waals surface area contributed by atoms with Crippen LogP contribution in [0.1, 0.15) is 11.3 Å². The standard InChI is InChI=1S/C12H12N4/c13-7-10-1-3-11(4-2-10)15-6-5-12-8-14-9-16-12/h1-4,8-9,15H,5-6H2,(H,14,16). The van der Waals surface area contributed by atoms with E-state index < -0.39 is 0 Å². The molecule has 16 heavy (non-hydrogen) atoms. The van der Waals surface area contributed by atoms with E-state index in [1.54, 1.807) is 18.5 Å². The Balaban J connectivity index is 1.83. The molecular formula is C12H12N4. The fraction of sp³-hybridized carbons (Fsp3) is 0.167. The van der Waals surface area contributed by atoms with Crippen molar-refractivity contribution in [1.82, 2.24) is 9.97 Å². The molecule has 2 N–H and O–H groups in total. The second-order valence-electron chi connectivity index (χ2n) is 3.44. The number of rotatable bonds is 4. The maximum absolute atomic E-state index is 8.65. The van der Waals surface area contributed by atoms with Crippen molar-refractivity contribution in [3.05, 3.63) is 48.0 Å². The maximum atomic E-state index is 8.65. The van der Waals surface area contributed by atoms with E-state index >= 15 is 0 Å². The van der Waals surface area contributed by atoms with Crippen LogP contribution in [0, 0.1) is 11.3 Å². The van der Waals surface area contributed by atoms with Crippen molar-refractivity contribution in [2.24, 2.45) is 0 Å². The first kappa shape index (κ1) is 10.2. The maximum Gasteiger partial charge on any atom is 0.0991 e. The molecule has 0 aliphatic carbocycles. The summed E-state index contributed by atoms with van der Waals surface area (Å²) in [5, 5.41) is 11.9. The monoisotopic (exact) mass is 212 g/mol. The van der Waals surface area contributed by atoms with E-state index in [1.807, 2.05) is 18.3 Å². The molecule has 0 saturated heterocycles. The van der Waals surface area contributed by atoms with Crippen molar-refractivity contribution in [1.29, 1.82) is 5.26 Å². The average Bonchev–Trinajstić information content (AvgIpc) is 2.83. The van der Waals surface area contributed by atoms with Crippen molar-refractivity contribution >= 4 is 5.69 Å². The number of H-pyrrole nitrogens is 1. The number of hydrogen-bond donors (Lipinski definition) is 2. The Morgan fingerprint density at radius 1 is 1.31 bits per heavy atom. The van der Waals surface area contributed by atoms with Crippen LogP contribution in [-0.2, 0) is 6.42 Å². The Morgan fingerprint density at radius 3 is 2.75 bits per heavy atom. The van der Waals surface area contributed by atoms with Crippen LogP contribution in [0.25, 0.3) is 0 Å². The van der Waals surface area contributed by atoms with Gasteiger partial charge in [-0.2, -0.15) is 5.26 Å². The van der Waals surface area contributed by atoms with E-state index in [2.05, 4.69) is 21.4 Å². The molecule has 0 spiro atoms. The van der Waals surface area contributed by atoms with Gasteiger partial charge >= 0.3 is 0 Å². The number of aromatic nitrogens is 2. The molecule has 0 fully saturated rings. The minimum absolute atomic E-state index is 0.680. The predicted molar refractivity (Wildman–Crippen MR) is 61.9 cm³/mol. The van der Waals surface area contributed by atoms with Crippen LogP contribution in [-0.4, -0.2) is 16.5 Å². The van der Waals surface area contributed by atoms with Gasteiger partial charge in [-0.05, 0) is 24.3 Å². The predicted octanol–water partition coefficient (Wildman–Crippen LogP) is 1.94. The van der Waals surface area contributed by atoms with E-state index in [9.17, 15) is 0 Å². The van der Waals surface area contributed by atoms with Gasteiger partial charge in [-0.25, -0.2) is 4.98 Å². The van der Waals surface area contributed by atoms with Gasteiger partial charge in [0.2, 0.25) is 0 Å². The zero-order valence-corrected chi connectivity index (χ0v) is 8.77. The Labute approximate surface area is 94.0 Å². The van der Waals surface area contributed by atoms with Crippen LogP contribution in [0.2, 0.25) is 0 Å². The molecular weight excluding hydrogens is 200 g/mol. The van der Waals surface area contributed by atoms with Crippen LogP contribution in [0.5, 0.6) is 0 Å². The third kappa shape index (κ3) is 2.61. The highest BCUT2D eigenvalue weighted by Gasteiger charge is 1.95. The van der Waals surface area contributed by atoms with Crippen molar-refractivity contribution in [3.8, 4) is 6.07 Å². The number of anilines is 1. The summed E-state index contributed by atoms with van der Waals surface area (Å²) in [7, 11) is 0. The van der Waals surface area contributed by atoms with Gasteiger partial charge in [0.1, 0.15) is 0 Å². The first-order valence-corrected chi connectivity index (χ1v) is 5.10. The van der Waals surface area contributed by atoms with Gasteiger partial charge in [0.15, 0.2) is 0 Å². The number of imidazole rings is 1. The summed E-state index contributed by atoms with van der Waals surface area (Å²) in [6.07, 6.45) is 4.40. The fourth-order valence-corrected chi connectivity index (χ4v) is 1.43. The lowest BCUT2D eigenvalue weighted by Crippen LogP contribution is -2.04. The summed E-state index contributed by atoms with van der Waals surface area (Å²) >= 11 is 0. The van der Waals surface area contributed by atoms with Crippen molar-refractivity contribution in [3.63, 3.8) is 0 Å². The molecule has 1 aromatic heterocycles. The normalized spacial score (nSPS) is 9.69. The fourth-order valence-electron chi connectivity index (χ4n) is 1.43. The number of hydrogen-bond acceptors (Lipinski definition) is 3. The topological polar surface area (TPSA) is 64.5 Å². The van der Waals surface area contributed by atoms with Gasteiger partial charge in [-0.3, -0.25) is 0 Å². The number of benzene rings is 1. The van der Waals surface area contributed by atoms with E-state index in [0.29, 0.717) is 5.56 Å². The highest BCUT2D eigenvalue weighted by Crippen LogP contribution is 2.08. The Hall–Kier alpha value is -2.28. The third-order valence-electron chi connectivity index (χ3n) is 2.29. The lowest BCUT2D eigenvalue weighted by atomic mass is 10.2. The summed E-state index contributed by atoms with van der Waals surface area (Å²) < 4.78 is 0.